The van der Waals surface area contributed by atoms with Crippen molar-refractivity contribution in [2.24, 2.45) is 0 Å². The quantitative estimate of drug-likeness (QED) is 0.788. The summed E-state index contributed by atoms with van der Waals surface area (Å²) in [6.07, 6.45) is 7.65. The Morgan fingerprint density at radius 3 is 2.74 bits per heavy atom. The van der Waals surface area contributed by atoms with Gasteiger partial charge in [0.25, 0.3) is 5.91 Å². The van der Waals surface area contributed by atoms with Crippen LogP contribution in [0.2, 0.25) is 0 Å². The highest BCUT2D eigenvalue weighted by molar-refractivity contribution is 9.10. The zero-order valence-electron chi connectivity index (χ0n) is 12.5. The number of carbonyl (C=O) groups excluding carboxylic acids is 1. The van der Waals surface area contributed by atoms with Crippen molar-refractivity contribution in [3.63, 3.8) is 0 Å². The summed E-state index contributed by atoms with van der Waals surface area (Å²) in [4.78, 5) is 19.8. The molecular formula is C17H17BrN2O2S. The van der Waals surface area contributed by atoms with Gasteiger partial charge in [-0.2, -0.15) is 0 Å². The molecule has 4 nitrogen and oxygen atoms in total. The lowest BCUT2D eigenvalue weighted by Crippen LogP contribution is -2.49. The molecule has 0 aliphatic carbocycles. The van der Waals surface area contributed by atoms with Gasteiger partial charge in [0, 0.05) is 41.0 Å². The van der Waals surface area contributed by atoms with Gasteiger partial charge in [0.05, 0.1) is 11.1 Å². The zero-order chi connectivity index (χ0) is 15.8. The summed E-state index contributed by atoms with van der Waals surface area (Å²) in [7, 11) is 0. The molecule has 2 aromatic rings. The fourth-order valence-corrected chi connectivity index (χ4v) is 5.09. The molecule has 0 spiro atoms. The van der Waals surface area contributed by atoms with Crippen LogP contribution in [0.15, 0.2) is 40.4 Å². The standard InChI is InChI=1S/C17H17BrN2O2S/c18-11-6-16(23-10-11)17(21)20-12-3-4-13(20)8-15(7-12)22-14-2-1-5-19-9-14/h1-2,5-6,9-10,12-13,15H,3-4,7-8H2. The molecule has 2 aromatic heterocycles. The van der Waals surface area contributed by atoms with E-state index in [-0.39, 0.29) is 12.0 Å². The van der Waals surface area contributed by atoms with Crippen molar-refractivity contribution >= 4 is 33.2 Å². The Hall–Kier alpha value is -1.40. The number of fused-ring (bicyclic) bond motifs is 2. The third-order valence-electron chi connectivity index (χ3n) is 4.64. The van der Waals surface area contributed by atoms with E-state index in [1.807, 2.05) is 23.6 Å². The average molecular weight is 393 g/mol. The molecule has 120 valence electrons. The molecule has 2 fully saturated rings. The molecule has 6 heteroatoms. The first-order valence-electron chi connectivity index (χ1n) is 7.84. The molecular weight excluding hydrogens is 376 g/mol. The van der Waals surface area contributed by atoms with Crippen molar-refractivity contribution in [3.8, 4) is 5.75 Å². The third-order valence-corrected chi connectivity index (χ3v) is 6.32. The maximum atomic E-state index is 12.8. The number of rotatable bonds is 3. The van der Waals surface area contributed by atoms with E-state index in [2.05, 4.69) is 25.8 Å². The monoisotopic (exact) mass is 392 g/mol. The Bertz CT molecular complexity index is 692. The summed E-state index contributed by atoms with van der Waals surface area (Å²) in [5.74, 6) is 0.992. The second kappa shape index (κ2) is 6.24. The highest BCUT2D eigenvalue weighted by atomic mass is 79.9. The topological polar surface area (TPSA) is 42.4 Å². The van der Waals surface area contributed by atoms with Crippen LogP contribution >= 0.6 is 27.3 Å². The highest BCUT2D eigenvalue weighted by Gasteiger charge is 2.44. The lowest BCUT2D eigenvalue weighted by Gasteiger charge is -2.38. The van der Waals surface area contributed by atoms with E-state index in [0.29, 0.717) is 12.1 Å². The number of ether oxygens (including phenoxy) is 1. The number of nitrogens with zero attached hydrogens (tertiary/aromatic N) is 2. The van der Waals surface area contributed by atoms with Gasteiger partial charge in [0.1, 0.15) is 11.9 Å². The first kappa shape index (κ1) is 15.1. The first-order valence-corrected chi connectivity index (χ1v) is 9.51. The van der Waals surface area contributed by atoms with E-state index in [1.54, 1.807) is 12.4 Å². The van der Waals surface area contributed by atoms with E-state index < -0.39 is 0 Å². The van der Waals surface area contributed by atoms with Crippen molar-refractivity contribution in [1.82, 2.24) is 9.88 Å². The van der Waals surface area contributed by atoms with E-state index in [4.69, 9.17) is 4.74 Å². The predicted molar refractivity (Wildman–Crippen MR) is 92.9 cm³/mol. The van der Waals surface area contributed by atoms with Gasteiger partial charge in [-0.25, -0.2) is 0 Å². The number of halogens is 1. The number of amides is 1. The molecule has 2 unspecified atom stereocenters. The van der Waals surface area contributed by atoms with Crippen LogP contribution in [-0.4, -0.2) is 34.0 Å². The second-order valence-corrected chi connectivity index (χ2v) is 7.95. The largest absolute Gasteiger partial charge is 0.489 e. The fraction of sp³-hybridized carbons (Fsp3) is 0.412. The SMILES string of the molecule is O=C(c1cc(Br)cs1)N1C2CCC1CC(Oc1cccnc1)C2. The molecule has 1 amide bonds. The van der Waals surface area contributed by atoms with Crippen LogP contribution < -0.4 is 4.74 Å². The van der Waals surface area contributed by atoms with Gasteiger partial charge < -0.3 is 9.64 Å². The maximum absolute atomic E-state index is 12.8. The Morgan fingerprint density at radius 1 is 1.35 bits per heavy atom. The number of hydrogen-bond acceptors (Lipinski definition) is 4. The molecule has 23 heavy (non-hydrogen) atoms. The molecule has 0 saturated carbocycles. The number of carbonyl (C=O) groups is 1. The second-order valence-electron chi connectivity index (χ2n) is 6.13. The van der Waals surface area contributed by atoms with Gasteiger partial charge in [-0.3, -0.25) is 9.78 Å². The van der Waals surface area contributed by atoms with Gasteiger partial charge in [-0.1, -0.05) is 0 Å². The van der Waals surface area contributed by atoms with Crippen molar-refractivity contribution in [2.45, 2.75) is 43.9 Å². The number of piperidine rings is 1. The molecule has 2 atom stereocenters. The molecule has 2 aliphatic rings. The van der Waals surface area contributed by atoms with Crippen LogP contribution in [0.4, 0.5) is 0 Å². The van der Waals surface area contributed by atoms with Crippen molar-refractivity contribution in [3.05, 3.63) is 45.3 Å². The maximum Gasteiger partial charge on any atom is 0.264 e. The minimum Gasteiger partial charge on any atom is -0.489 e. The number of pyridine rings is 1. The summed E-state index contributed by atoms with van der Waals surface area (Å²) < 4.78 is 7.05. The van der Waals surface area contributed by atoms with Crippen LogP contribution in [0.3, 0.4) is 0 Å². The smallest absolute Gasteiger partial charge is 0.264 e. The molecule has 2 saturated heterocycles. The number of hydrogen-bond donors (Lipinski definition) is 0. The Morgan fingerprint density at radius 2 is 2.13 bits per heavy atom. The summed E-state index contributed by atoms with van der Waals surface area (Å²) in [6.45, 7) is 0. The predicted octanol–water partition coefficient (Wildman–Crippen LogP) is 4.12. The van der Waals surface area contributed by atoms with Crippen LogP contribution in [-0.2, 0) is 0 Å². The third kappa shape index (κ3) is 3.02. The Kier molecular flexibility index (Phi) is 4.11. The van der Waals surface area contributed by atoms with Crippen LogP contribution in [0.1, 0.15) is 35.4 Å². The minimum absolute atomic E-state index is 0.174. The van der Waals surface area contributed by atoms with Crippen molar-refractivity contribution < 1.29 is 9.53 Å². The van der Waals surface area contributed by atoms with E-state index in [0.717, 1.165) is 40.8 Å². The van der Waals surface area contributed by atoms with Crippen LogP contribution in [0, 0.1) is 0 Å². The normalized spacial score (nSPS) is 26.3. The van der Waals surface area contributed by atoms with E-state index in [9.17, 15) is 4.79 Å². The van der Waals surface area contributed by atoms with Gasteiger partial charge in [0.15, 0.2) is 0 Å². The molecule has 0 aromatic carbocycles. The summed E-state index contributed by atoms with van der Waals surface area (Å²) >= 11 is 4.94. The summed E-state index contributed by atoms with van der Waals surface area (Å²) in [5, 5.41) is 1.97. The lowest BCUT2D eigenvalue weighted by atomic mass is 9.99. The molecule has 0 radical (unpaired) electrons. The summed E-state index contributed by atoms with van der Waals surface area (Å²) in [5.41, 5.74) is 0. The first-order chi connectivity index (χ1) is 11.2. The molecule has 4 heterocycles. The Balaban J connectivity index is 1.47. The van der Waals surface area contributed by atoms with Crippen LogP contribution in [0.5, 0.6) is 5.75 Å². The highest BCUT2D eigenvalue weighted by Crippen LogP contribution is 2.39. The van der Waals surface area contributed by atoms with Gasteiger partial charge in [-0.05, 0) is 47.0 Å². The number of thiophene rings is 1. The molecule has 2 bridgehead atoms. The van der Waals surface area contributed by atoms with Crippen molar-refractivity contribution in [2.75, 3.05) is 0 Å². The average Bonchev–Trinajstić information content (AvgIpc) is 3.10. The minimum atomic E-state index is 0.174. The van der Waals surface area contributed by atoms with Gasteiger partial charge >= 0.3 is 0 Å². The molecule has 4 rings (SSSR count). The fourth-order valence-electron chi connectivity index (χ4n) is 3.72. The van der Waals surface area contributed by atoms with Crippen LogP contribution in [0.25, 0.3) is 0 Å². The van der Waals surface area contributed by atoms with Crippen molar-refractivity contribution in [1.29, 1.82) is 0 Å². The lowest BCUT2D eigenvalue weighted by molar-refractivity contribution is 0.0362. The van der Waals surface area contributed by atoms with Gasteiger partial charge in [0.2, 0.25) is 0 Å². The molecule has 2 aliphatic heterocycles. The van der Waals surface area contributed by atoms with Gasteiger partial charge in [-0.15, -0.1) is 11.3 Å². The zero-order valence-corrected chi connectivity index (χ0v) is 14.9. The number of aromatic nitrogens is 1. The van der Waals surface area contributed by atoms with E-state index >= 15 is 0 Å². The molecule has 0 N–H and O–H groups in total. The summed E-state index contributed by atoms with van der Waals surface area (Å²) in [6, 6.07) is 6.34. The Labute approximate surface area is 147 Å². The van der Waals surface area contributed by atoms with E-state index in [1.165, 1.54) is 11.3 Å².